The van der Waals surface area contributed by atoms with Crippen LogP contribution in [-0.2, 0) is 31.1 Å². The molecule has 9 heteroatoms. The van der Waals surface area contributed by atoms with E-state index < -0.39 is 5.41 Å². The molecule has 1 aliphatic rings. The van der Waals surface area contributed by atoms with Crippen molar-refractivity contribution in [2.45, 2.75) is 38.1 Å². The van der Waals surface area contributed by atoms with Crippen molar-refractivity contribution in [2.75, 3.05) is 27.3 Å². The van der Waals surface area contributed by atoms with Crippen molar-refractivity contribution in [3.63, 3.8) is 0 Å². The first-order valence-electron chi connectivity index (χ1n) is 11.5. The van der Waals surface area contributed by atoms with Crippen molar-refractivity contribution < 1.29 is 19.1 Å². The van der Waals surface area contributed by atoms with Gasteiger partial charge in [0.25, 0.3) is 0 Å². The van der Waals surface area contributed by atoms with E-state index in [9.17, 15) is 14.4 Å². The van der Waals surface area contributed by atoms with E-state index in [2.05, 4.69) is 4.98 Å². The highest BCUT2D eigenvalue weighted by atomic mass is 35.5. The summed E-state index contributed by atoms with van der Waals surface area (Å²) in [6, 6.07) is 12.7. The molecule has 0 spiro atoms. The van der Waals surface area contributed by atoms with Gasteiger partial charge in [-0.3, -0.25) is 19.3 Å². The van der Waals surface area contributed by atoms with Crippen LogP contribution < -0.4 is 0 Å². The maximum absolute atomic E-state index is 13.7. The summed E-state index contributed by atoms with van der Waals surface area (Å²) >= 11 is 6.51. The molecule has 1 aliphatic heterocycles. The number of hydrogen-bond donors (Lipinski definition) is 0. The highest BCUT2D eigenvalue weighted by Crippen LogP contribution is 2.43. The van der Waals surface area contributed by atoms with Crippen LogP contribution in [0.25, 0.3) is 5.65 Å². The Bertz CT molecular complexity index is 1270. The zero-order valence-corrected chi connectivity index (χ0v) is 20.9. The van der Waals surface area contributed by atoms with E-state index in [1.54, 1.807) is 43.3 Å². The molecule has 3 amide bonds. The summed E-state index contributed by atoms with van der Waals surface area (Å²) in [7, 11) is 3.27. The van der Waals surface area contributed by atoms with Crippen LogP contribution >= 0.6 is 11.6 Å². The zero-order valence-electron chi connectivity index (χ0n) is 20.2. The fourth-order valence-corrected chi connectivity index (χ4v) is 5.06. The van der Waals surface area contributed by atoms with Crippen molar-refractivity contribution in [1.29, 1.82) is 0 Å². The summed E-state index contributed by atoms with van der Waals surface area (Å²) in [5, 5.41) is 0.362. The molecule has 3 heterocycles. The third-order valence-corrected chi connectivity index (χ3v) is 6.95. The van der Waals surface area contributed by atoms with Gasteiger partial charge in [-0.1, -0.05) is 35.9 Å². The largest absolute Gasteiger partial charge is 0.385 e. The Labute approximate surface area is 209 Å². The Morgan fingerprint density at radius 2 is 1.94 bits per heavy atom. The average Bonchev–Trinajstić information content (AvgIpc) is 3.27. The van der Waals surface area contributed by atoms with E-state index >= 15 is 0 Å². The lowest BCUT2D eigenvalue weighted by atomic mass is 9.75. The number of aromatic nitrogens is 2. The van der Waals surface area contributed by atoms with Gasteiger partial charge in [0.15, 0.2) is 0 Å². The lowest BCUT2D eigenvalue weighted by Crippen LogP contribution is -2.43. The highest BCUT2D eigenvalue weighted by Gasteiger charge is 2.54. The summed E-state index contributed by atoms with van der Waals surface area (Å²) < 4.78 is 7.02. The Kier molecular flexibility index (Phi) is 7.23. The molecule has 1 atom stereocenters. The van der Waals surface area contributed by atoms with E-state index in [4.69, 9.17) is 16.3 Å². The minimum atomic E-state index is -1.34. The third-order valence-electron chi connectivity index (χ3n) is 6.62. The predicted molar refractivity (Wildman–Crippen MR) is 132 cm³/mol. The number of halogens is 1. The topological polar surface area (TPSA) is 84.2 Å². The first-order chi connectivity index (χ1) is 16.8. The lowest BCUT2D eigenvalue weighted by molar-refractivity contribution is -0.142. The van der Waals surface area contributed by atoms with Crippen molar-refractivity contribution in [2.24, 2.45) is 0 Å². The number of likely N-dealkylation sites (tertiary alicyclic amines) is 1. The van der Waals surface area contributed by atoms with Gasteiger partial charge in [0, 0.05) is 51.4 Å². The summed E-state index contributed by atoms with van der Waals surface area (Å²) in [5.74, 6) is -0.950. The van der Waals surface area contributed by atoms with Gasteiger partial charge in [-0.25, -0.2) is 4.98 Å². The molecule has 1 unspecified atom stereocenters. The molecule has 0 N–H and O–H groups in total. The molecule has 1 fully saturated rings. The standard InChI is InChI=1S/C26H29ClN4O4/c1-18-21(30-12-7-6-11-22(30)28-18)17-29(2)23(32)15-26(19-9-4-5-10-20(19)27)16-24(33)31(25(26)34)13-8-14-35-3/h4-7,9-12H,8,13-17H2,1-3H3. The van der Waals surface area contributed by atoms with Crippen LogP contribution in [0.4, 0.5) is 0 Å². The second kappa shape index (κ2) is 10.2. The summed E-state index contributed by atoms with van der Waals surface area (Å²) in [5.41, 5.74) is 1.67. The van der Waals surface area contributed by atoms with Crippen LogP contribution in [0.5, 0.6) is 0 Å². The molecule has 184 valence electrons. The summed E-state index contributed by atoms with van der Waals surface area (Å²) in [6.07, 6.45) is 2.17. The summed E-state index contributed by atoms with van der Waals surface area (Å²) in [6.45, 7) is 2.89. The smallest absolute Gasteiger partial charge is 0.240 e. The minimum Gasteiger partial charge on any atom is -0.385 e. The molecule has 0 saturated carbocycles. The fraction of sp³-hybridized carbons (Fsp3) is 0.385. The van der Waals surface area contributed by atoms with Crippen LogP contribution in [0.2, 0.25) is 5.02 Å². The van der Waals surface area contributed by atoms with Crippen molar-refractivity contribution >= 4 is 35.0 Å². The van der Waals surface area contributed by atoms with Gasteiger partial charge in [-0.2, -0.15) is 0 Å². The lowest BCUT2D eigenvalue weighted by Gasteiger charge is -2.30. The molecule has 2 aromatic heterocycles. The minimum absolute atomic E-state index is 0.100. The van der Waals surface area contributed by atoms with E-state index in [0.29, 0.717) is 30.2 Å². The maximum Gasteiger partial charge on any atom is 0.240 e. The number of fused-ring (bicyclic) bond motifs is 1. The van der Waals surface area contributed by atoms with E-state index in [1.165, 1.54) is 4.90 Å². The van der Waals surface area contributed by atoms with Gasteiger partial charge in [-0.15, -0.1) is 0 Å². The SMILES string of the molecule is COCCCN1C(=O)CC(CC(=O)N(C)Cc2c(C)nc3ccccn23)(c2ccccc2Cl)C1=O. The van der Waals surface area contributed by atoms with Gasteiger partial charge in [-0.05, 0) is 37.1 Å². The predicted octanol–water partition coefficient (Wildman–Crippen LogP) is 3.38. The number of pyridine rings is 1. The second-order valence-electron chi connectivity index (χ2n) is 8.93. The Balaban J connectivity index is 1.63. The molecular weight excluding hydrogens is 468 g/mol. The quantitative estimate of drug-likeness (QED) is 0.335. The highest BCUT2D eigenvalue weighted by molar-refractivity contribution is 6.32. The number of imidazole rings is 1. The zero-order chi connectivity index (χ0) is 25.2. The Hall–Kier alpha value is -3.23. The van der Waals surface area contributed by atoms with Crippen molar-refractivity contribution in [1.82, 2.24) is 19.2 Å². The van der Waals surface area contributed by atoms with Crippen LogP contribution in [0.15, 0.2) is 48.7 Å². The fourth-order valence-electron chi connectivity index (χ4n) is 4.75. The number of hydrogen-bond acceptors (Lipinski definition) is 5. The number of carbonyl (C=O) groups is 3. The van der Waals surface area contributed by atoms with Crippen molar-refractivity contribution in [3.05, 3.63) is 70.6 Å². The number of aryl methyl sites for hydroxylation is 1. The number of nitrogens with zero attached hydrogens (tertiary/aromatic N) is 4. The number of methoxy groups -OCH3 is 1. The number of amides is 3. The van der Waals surface area contributed by atoms with Gasteiger partial charge in [0.1, 0.15) is 5.65 Å². The van der Waals surface area contributed by atoms with E-state index in [0.717, 1.165) is 17.0 Å². The Morgan fingerprint density at radius 1 is 1.20 bits per heavy atom. The van der Waals surface area contributed by atoms with Crippen LogP contribution in [0.3, 0.4) is 0 Å². The normalized spacial score (nSPS) is 18.0. The number of imide groups is 1. The molecule has 4 rings (SSSR count). The van der Waals surface area contributed by atoms with Crippen LogP contribution in [0, 0.1) is 6.92 Å². The molecule has 0 bridgehead atoms. The molecule has 1 saturated heterocycles. The van der Waals surface area contributed by atoms with Crippen LogP contribution in [0.1, 0.15) is 36.2 Å². The molecule has 3 aromatic rings. The second-order valence-corrected chi connectivity index (χ2v) is 9.34. The number of benzene rings is 1. The van der Waals surface area contributed by atoms with Gasteiger partial charge >= 0.3 is 0 Å². The van der Waals surface area contributed by atoms with E-state index in [1.807, 2.05) is 35.7 Å². The van der Waals surface area contributed by atoms with Gasteiger partial charge in [0.2, 0.25) is 17.7 Å². The third kappa shape index (κ3) is 4.68. The molecule has 1 aromatic carbocycles. The van der Waals surface area contributed by atoms with E-state index in [-0.39, 0.29) is 37.1 Å². The summed E-state index contributed by atoms with van der Waals surface area (Å²) in [4.78, 5) is 47.6. The first kappa shape index (κ1) is 24.9. The molecule has 35 heavy (non-hydrogen) atoms. The van der Waals surface area contributed by atoms with Crippen LogP contribution in [-0.4, -0.2) is 64.2 Å². The number of carbonyl (C=O) groups excluding carboxylic acids is 3. The number of ether oxygens (including phenoxy) is 1. The monoisotopic (exact) mass is 496 g/mol. The Morgan fingerprint density at radius 3 is 2.69 bits per heavy atom. The molecule has 8 nitrogen and oxygen atoms in total. The maximum atomic E-state index is 13.7. The average molecular weight is 497 g/mol. The first-order valence-corrected chi connectivity index (χ1v) is 11.9. The van der Waals surface area contributed by atoms with Crippen molar-refractivity contribution in [3.8, 4) is 0 Å². The number of rotatable bonds is 9. The molecular formula is C26H29ClN4O4. The molecule has 0 aliphatic carbocycles. The van der Waals surface area contributed by atoms with Gasteiger partial charge < -0.3 is 14.0 Å². The van der Waals surface area contributed by atoms with Gasteiger partial charge in [0.05, 0.1) is 23.3 Å². The molecule has 0 radical (unpaired) electrons.